The van der Waals surface area contributed by atoms with Gasteiger partial charge in [-0.1, -0.05) is 29.8 Å². The monoisotopic (exact) mass is 400 g/mol. The third-order valence-electron chi connectivity index (χ3n) is 4.82. The molecule has 0 aliphatic heterocycles. The van der Waals surface area contributed by atoms with Crippen molar-refractivity contribution in [2.24, 2.45) is 0 Å². The number of nitrogens with zero attached hydrogens (tertiary/aromatic N) is 3. The summed E-state index contributed by atoms with van der Waals surface area (Å²) < 4.78 is 14.9. The zero-order chi connectivity index (χ0) is 21.1. The average molecular weight is 400 g/mol. The van der Waals surface area contributed by atoms with Gasteiger partial charge in [0.2, 0.25) is 0 Å². The largest absolute Gasteiger partial charge is 0.344 e. The summed E-state index contributed by atoms with van der Waals surface area (Å²) in [6, 6.07) is 19.1. The molecule has 4 rings (SSSR count). The molecule has 1 atom stereocenters. The maximum absolute atomic E-state index is 13.3. The molecule has 1 amide bonds. The van der Waals surface area contributed by atoms with Crippen molar-refractivity contribution in [1.82, 2.24) is 20.1 Å². The summed E-state index contributed by atoms with van der Waals surface area (Å²) >= 11 is 0. The maximum atomic E-state index is 13.3. The minimum absolute atomic E-state index is 0.252. The highest BCUT2D eigenvalue weighted by Crippen LogP contribution is 2.25. The molecule has 0 fully saturated rings. The fraction of sp³-hybridized carbons (Fsp3) is 0.125. The van der Waals surface area contributed by atoms with Crippen LogP contribution in [0.1, 0.15) is 34.6 Å². The molecule has 0 spiro atoms. The Hall–Kier alpha value is -3.80. The van der Waals surface area contributed by atoms with Crippen LogP contribution in [0.5, 0.6) is 0 Å². The molecule has 1 N–H and O–H groups in total. The Balaban J connectivity index is 1.73. The van der Waals surface area contributed by atoms with E-state index < -0.39 is 0 Å². The minimum Gasteiger partial charge on any atom is -0.344 e. The molecule has 0 aliphatic carbocycles. The molecule has 30 heavy (non-hydrogen) atoms. The van der Waals surface area contributed by atoms with Gasteiger partial charge in [-0.25, -0.2) is 9.07 Å². The van der Waals surface area contributed by atoms with E-state index in [1.54, 1.807) is 29.2 Å². The summed E-state index contributed by atoms with van der Waals surface area (Å²) in [6.07, 6.45) is 3.37. The van der Waals surface area contributed by atoms with Crippen LogP contribution in [-0.2, 0) is 0 Å². The lowest BCUT2D eigenvalue weighted by Gasteiger charge is -2.13. The number of benzene rings is 2. The Bertz CT molecular complexity index is 1170. The lowest BCUT2D eigenvalue weighted by atomic mass is 10.0. The molecule has 150 valence electrons. The third-order valence-corrected chi connectivity index (χ3v) is 4.82. The number of carbonyl (C=O) groups excluding carboxylic acids is 1. The van der Waals surface area contributed by atoms with Crippen molar-refractivity contribution in [3.8, 4) is 16.9 Å². The van der Waals surface area contributed by atoms with E-state index in [1.807, 2.05) is 56.3 Å². The number of hydrogen-bond donors (Lipinski definition) is 1. The van der Waals surface area contributed by atoms with Gasteiger partial charge in [0, 0.05) is 18.0 Å². The second-order valence-corrected chi connectivity index (χ2v) is 7.13. The molecule has 2 aromatic carbocycles. The van der Waals surface area contributed by atoms with Gasteiger partial charge in [0.25, 0.3) is 5.91 Å². The van der Waals surface area contributed by atoms with Gasteiger partial charge >= 0.3 is 0 Å². The second-order valence-electron chi connectivity index (χ2n) is 7.13. The molecule has 5 nitrogen and oxygen atoms in total. The number of aromatic nitrogens is 3. The standard InChI is InChI=1S/C24H21FN4O/c1-16-6-5-7-18(14-16)23-21(15-29(28-23)20-11-9-19(25)10-12-20)24(30)27-17(2)22-8-3-4-13-26-22/h3-15,17H,1-2H3,(H,27,30). The SMILES string of the molecule is Cc1cccc(-c2nn(-c3ccc(F)cc3)cc2C(=O)NC(C)c2ccccn2)c1. The summed E-state index contributed by atoms with van der Waals surface area (Å²) in [5, 5.41) is 7.64. The quantitative estimate of drug-likeness (QED) is 0.520. The van der Waals surface area contributed by atoms with Crippen LogP contribution in [0.4, 0.5) is 4.39 Å². The predicted octanol–water partition coefficient (Wildman–Crippen LogP) is 4.87. The molecule has 0 radical (unpaired) electrons. The van der Waals surface area contributed by atoms with E-state index in [4.69, 9.17) is 0 Å². The number of nitrogens with one attached hydrogen (secondary N) is 1. The first kappa shape index (κ1) is 19.5. The number of aryl methyl sites for hydroxylation is 1. The fourth-order valence-electron chi connectivity index (χ4n) is 3.25. The van der Waals surface area contributed by atoms with Gasteiger partial charge in [0.15, 0.2) is 0 Å². The number of hydrogen-bond acceptors (Lipinski definition) is 3. The van der Waals surface area contributed by atoms with Gasteiger partial charge in [-0.05, 0) is 56.3 Å². The average Bonchev–Trinajstić information content (AvgIpc) is 3.20. The van der Waals surface area contributed by atoms with Crippen molar-refractivity contribution < 1.29 is 9.18 Å². The summed E-state index contributed by atoms with van der Waals surface area (Å²) in [6.45, 7) is 3.88. The summed E-state index contributed by atoms with van der Waals surface area (Å²) in [5.41, 5.74) is 4.35. The van der Waals surface area contributed by atoms with Crippen molar-refractivity contribution in [1.29, 1.82) is 0 Å². The van der Waals surface area contributed by atoms with Crippen LogP contribution < -0.4 is 5.32 Å². The first-order valence-electron chi connectivity index (χ1n) is 9.66. The fourth-order valence-corrected chi connectivity index (χ4v) is 3.25. The highest BCUT2D eigenvalue weighted by atomic mass is 19.1. The van der Waals surface area contributed by atoms with E-state index in [-0.39, 0.29) is 17.8 Å². The van der Waals surface area contributed by atoms with Gasteiger partial charge in [0.1, 0.15) is 11.5 Å². The molecule has 1 unspecified atom stereocenters. The normalized spacial score (nSPS) is 11.8. The maximum Gasteiger partial charge on any atom is 0.255 e. The summed E-state index contributed by atoms with van der Waals surface area (Å²) in [7, 11) is 0. The Morgan fingerprint density at radius 2 is 1.87 bits per heavy atom. The first-order chi connectivity index (χ1) is 14.5. The molecule has 6 heteroatoms. The minimum atomic E-state index is -0.327. The first-order valence-corrected chi connectivity index (χ1v) is 9.66. The van der Waals surface area contributed by atoms with Gasteiger partial charge in [-0.3, -0.25) is 9.78 Å². The van der Waals surface area contributed by atoms with Crippen LogP contribution >= 0.6 is 0 Å². The Labute approximate surface area is 174 Å². The van der Waals surface area contributed by atoms with Crippen molar-refractivity contribution in [3.63, 3.8) is 0 Å². The lowest BCUT2D eigenvalue weighted by molar-refractivity contribution is 0.0939. The van der Waals surface area contributed by atoms with Gasteiger partial charge < -0.3 is 5.32 Å². The van der Waals surface area contributed by atoms with E-state index in [9.17, 15) is 9.18 Å². The van der Waals surface area contributed by atoms with Crippen molar-refractivity contribution in [2.75, 3.05) is 0 Å². The molecule has 0 aliphatic rings. The van der Waals surface area contributed by atoms with Gasteiger partial charge in [0.05, 0.1) is 23.0 Å². The topological polar surface area (TPSA) is 59.8 Å². The number of pyridine rings is 1. The van der Waals surface area contributed by atoms with Crippen LogP contribution in [0.25, 0.3) is 16.9 Å². The van der Waals surface area contributed by atoms with Crippen molar-refractivity contribution >= 4 is 5.91 Å². The molecule has 2 heterocycles. The van der Waals surface area contributed by atoms with E-state index in [2.05, 4.69) is 15.4 Å². The lowest BCUT2D eigenvalue weighted by Crippen LogP contribution is -2.27. The van der Waals surface area contributed by atoms with E-state index in [0.717, 1.165) is 16.8 Å². The number of rotatable bonds is 5. The zero-order valence-electron chi connectivity index (χ0n) is 16.7. The number of amides is 1. The van der Waals surface area contributed by atoms with Crippen molar-refractivity contribution in [3.05, 3.63) is 102 Å². The Morgan fingerprint density at radius 1 is 1.07 bits per heavy atom. The summed E-state index contributed by atoms with van der Waals surface area (Å²) in [5.74, 6) is -0.579. The summed E-state index contributed by atoms with van der Waals surface area (Å²) in [4.78, 5) is 17.5. The van der Waals surface area contributed by atoms with Crippen molar-refractivity contribution in [2.45, 2.75) is 19.9 Å². The Kier molecular flexibility index (Phi) is 5.39. The van der Waals surface area contributed by atoms with Gasteiger partial charge in [-0.2, -0.15) is 5.10 Å². The highest BCUT2D eigenvalue weighted by Gasteiger charge is 2.21. The molecule has 0 saturated carbocycles. The van der Waals surface area contributed by atoms with E-state index in [0.29, 0.717) is 16.9 Å². The number of halogens is 1. The molecule has 4 aromatic rings. The van der Waals surface area contributed by atoms with Crippen LogP contribution in [0.15, 0.2) is 79.1 Å². The Morgan fingerprint density at radius 3 is 2.57 bits per heavy atom. The number of carbonyl (C=O) groups is 1. The predicted molar refractivity (Wildman–Crippen MR) is 114 cm³/mol. The third kappa shape index (κ3) is 4.12. The molecule has 0 saturated heterocycles. The zero-order valence-corrected chi connectivity index (χ0v) is 16.7. The van der Waals surface area contributed by atoms with E-state index >= 15 is 0 Å². The molecular formula is C24H21FN4O. The van der Waals surface area contributed by atoms with Crippen LogP contribution in [0, 0.1) is 12.7 Å². The molecular weight excluding hydrogens is 379 g/mol. The van der Waals surface area contributed by atoms with Gasteiger partial charge in [-0.15, -0.1) is 0 Å². The van der Waals surface area contributed by atoms with Crippen LogP contribution in [0.3, 0.4) is 0 Å². The molecule has 2 aromatic heterocycles. The second kappa shape index (κ2) is 8.29. The van der Waals surface area contributed by atoms with Crippen LogP contribution in [-0.4, -0.2) is 20.7 Å². The van der Waals surface area contributed by atoms with E-state index in [1.165, 1.54) is 12.1 Å². The smallest absolute Gasteiger partial charge is 0.255 e. The van der Waals surface area contributed by atoms with Crippen LogP contribution in [0.2, 0.25) is 0 Å². The highest BCUT2D eigenvalue weighted by molar-refractivity contribution is 6.00. The molecule has 0 bridgehead atoms.